The molecular weight excluding hydrogens is 296 g/mol. The van der Waals surface area contributed by atoms with Crippen LogP contribution in [-0.2, 0) is 6.42 Å². The first-order chi connectivity index (χ1) is 11.1. The van der Waals surface area contributed by atoms with E-state index in [1.54, 1.807) is 6.07 Å². The van der Waals surface area contributed by atoms with Crippen molar-refractivity contribution in [2.75, 3.05) is 0 Å². The van der Waals surface area contributed by atoms with Gasteiger partial charge in [0.05, 0.1) is 17.5 Å². The van der Waals surface area contributed by atoms with Crippen LogP contribution in [0.3, 0.4) is 0 Å². The molecule has 1 heterocycles. The van der Waals surface area contributed by atoms with E-state index in [-0.39, 0.29) is 23.5 Å². The summed E-state index contributed by atoms with van der Waals surface area (Å²) in [5.41, 5.74) is 0.983. The Bertz CT molecular complexity index is 856. The lowest BCUT2D eigenvalue weighted by atomic mass is 10.1. The summed E-state index contributed by atoms with van der Waals surface area (Å²) in [5, 5.41) is 10.8. The Morgan fingerprint density at radius 3 is 2.65 bits per heavy atom. The maximum atomic E-state index is 12.2. The molecule has 0 saturated heterocycles. The Balaban J connectivity index is 1.77. The zero-order valence-electron chi connectivity index (χ0n) is 12.0. The van der Waals surface area contributed by atoms with Gasteiger partial charge in [0.25, 0.3) is 5.69 Å². The maximum absolute atomic E-state index is 12.2. The smallest absolute Gasteiger partial charge is 0.270 e. The average molecular weight is 308 g/mol. The number of ketones is 1. The quantitative estimate of drug-likeness (QED) is 0.408. The number of hydrogen-bond donors (Lipinski definition) is 0. The molecule has 2 aromatic carbocycles. The van der Waals surface area contributed by atoms with Crippen molar-refractivity contribution in [1.82, 2.24) is 4.98 Å². The Morgan fingerprint density at radius 2 is 1.91 bits per heavy atom. The van der Waals surface area contributed by atoms with E-state index in [1.165, 1.54) is 24.4 Å². The fraction of sp³-hybridized carbons (Fsp3) is 0.0588. The van der Waals surface area contributed by atoms with E-state index < -0.39 is 4.92 Å². The van der Waals surface area contributed by atoms with E-state index in [0.717, 1.165) is 5.56 Å². The van der Waals surface area contributed by atoms with Crippen LogP contribution in [0, 0.1) is 10.1 Å². The van der Waals surface area contributed by atoms with Gasteiger partial charge in [-0.05, 0) is 12.1 Å². The first-order valence-corrected chi connectivity index (χ1v) is 6.91. The molecule has 0 atom stereocenters. The number of benzene rings is 2. The molecule has 0 N–H and O–H groups in total. The molecular formula is C17H12N2O4. The van der Waals surface area contributed by atoms with Crippen LogP contribution in [0.2, 0.25) is 0 Å². The third-order valence-electron chi connectivity index (χ3n) is 3.29. The monoisotopic (exact) mass is 308 g/mol. The summed E-state index contributed by atoms with van der Waals surface area (Å²) in [6, 6.07) is 15.0. The second-order valence-electron chi connectivity index (χ2n) is 4.91. The minimum absolute atomic E-state index is 0.000993. The lowest BCUT2D eigenvalue weighted by Gasteiger charge is -1.99. The molecule has 3 rings (SSSR count). The van der Waals surface area contributed by atoms with Gasteiger partial charge in [-0.1, -0.05) is 30.3 Å². The van der Waals surface area contributed by atoms with Crippen LogP contribution in [-0.4, -0.2) is 15.7 Å². The van der Waals surface area contributed by atoms with Gasteiger partial charge in [-0.15, -0.1) is 0 Å². The van der Waals surface area contributed by atoms with E-state index in [9.17, 15) is 14.9 Å². The summed E-state index contributed by atoms with van der Waals surface area (Å²) in [7, 11) is 0. The van der Waals surface area contributed by atoms with Crippen molar-refractivity contribution in [3.05, 3.63) is 82.2 Å². The molecule has 6 heteroatoms. The number of nitrogens with zero attached hydrogens (tertiary/aromatic N) is 2. The van der Waals surface area contributed by atoms with Gasteiger partial charge in [0.1, 0.15) is 5.76 Å². The zero-order chi connectivity index (χ0) is 16.2. The SMILES string of the molecule is O=C(Cc1cnc(-c2ccccc2)o1)c1cccc([N+](=O)[O-])c1. The molecule has 23 heavy (non-hydrogen) atoms. The molecule has 0 aliphatic rings. The van der Waals surface area contributed by atoms with Crippen LogP contribution in [0.1, 0.15) is 16.1 Å². The Labute approximate surface area is 131 Å². The van der Waals surface area contributed by atoms with Gasteiger partial charge in [0.2, 0.25) is 5.89 Å². The van der Waals surface area contributed by atoms with Gasteiger partial charge in [0.15, 0.2) is 5.78 Å². The number of Topliss-reactive ketones (excluding diaryl/α,β-unsaturated/α-hetero) is 1. The molecule has 114 valence electrons. The molecule has 0 unspecified atom stereocenters. The standard InChI is InChI=1S/C17H12N2O4/c20-16(13-7-4-8-14(9-13)19(21)22)10-15-11-18-17(23-15)12-5-2-1-3-6-12/h1-9,11H,10H2. The summed E-state index contributed by atoms with van der Waals surface area (Å²) in [6.07, 6.45) is 1.50. The lowest BCUT2D eigenvalue weighted by molar-refractivity contribution is -0.384. The van der Waals surface area contributed by atoms with Gasteiger partial charge in [0, 0.05) is 23.3 Å². The average Bonchev–Trinajstić information content (AvgIpc) is 3.04. The number of aromatic nitrogens is 1. The number of carbonyl (C=O) groups excluding carboxylic acids is 1. The molecule has 3 aromatic rings. The molecule has 0 bridgehead atoms. The Kier molecular flexibility index (Phi) is 3.97. The van der Waals surface area contributed by atoms with Crippen molar-refractivity contribution in [3.63, 3.8) is 0 Å². The van der Waals surface area contributed by atoms with Crippen LogP contribution in [0.5, 0.6) is 0 Å². The highest BCUT2D eigenvalue weighted by atomic mass is 16.6. The third kappa shape index (κ3) is 3.32. The number of carbonyl (C=O) groups is 1. The summed E-state index contributed by atoms with van der Waals surface area (Å²) < 4.78 is 5.57. The van der Waals surface area contributed by atoms with E-state index in [4.69, 9.17) is 4.42 Å². The van der Waals surface area contributed by atoms with Crippen molar-refractivity contribution < 1.29 is 14.1 Å². The second kappa shape index (κ2) is 6.23. The fourth-order valence-corrected chi connectivity index (χ4v) is 2.16. The van der Waals surface area contributed by atoms with Crippen molar-refractivity contribution in [3.8, 4) is 11.5 Å². The molecule has 0 spiro atoms. The van der Waals surface area contributed by atoms with Crippen LogP contribution >= 0.6 is 0 Å². The van der Waals surface area contributed by atoms with Gasteiger partial charge in [-0.25, -0.2) is 4.98 Å². The van der Waals surface area contributed by atoms with Crippen LogP contribution in [0.4, 0.5) is 5.69 Å². The van der Waals surface area contributed by atoms with Crippen LogP contribution < -0.4 is 0 Å². The van der Waals surface area contributed by atoms with Crippen LogP contribution in [0.25, 0.3) is 11.5 Å². The third-order valence-corrected chi connectivity index (χ3v) is 3.29. The van der Waals surface area contributed by atoms with E-state index in [1.807, 2.05) is 30.3 Å². The highest BCUT2D eigenvalue weighted by molar-refractivity contribution is 5.97. The van der Waals surface area contributed by atoms with Gasteiger partial charge in [-0.3, -0.25) is 14.9 Å². The van der Waals surface area contributed by atoms with E-state index in [0.29, 0.717) is 11.7 Å². The summed E-state index contributed by atoms with van der Waals surface area (Å²) >= 11 is 0. The van der Waals surface area contributed by atoms with E-state index in [2.05, 4.69) is 4.98 Å². The second-order valence-corrected chi connectivity index (χ2v) is 4.91. The largest absolute Gasteiger partial charge is 0.441 e. The predicted molar refractivity (Wildman–Crippen MR) is 83.1 cm³/mol. The predicted octanol–water partition coefficient (Wildman–Crippen LogP) is 3.68. The topological polar surface area (TPSA) is 86.2 Å². The number of hydrogen-bond acceptors (Lipinski definition) is 5. The van der Waals surface area contributed by atoms with Crippen molar-refractivity contribution >= 4 is 11.5 Å². The van der Waals surface area contributed by atoms with Crippen LogP contribution in [0.15, 0.2) is 65.2 Å². The minimum Gasteiger partial charge on any atom is -0.441 e. The molecule has 0 fully saturated rings. The van der Waals surface area contributed by atoms with Gasteiger partial charge < -0.3 is 4.42 Å². The number of nitro benzene ring substituents is 1. The molecule has 0 aliphatic carbocycles. The molecule has 0 radical (unpaired) electrons. The molecule has 1 aromatic heterocycles. The summed E-state index contributed by atoms with van der Waals surface area (Å²) in [5.74, 6) is 0.595. The highest BCUT2D eigenvalue weighted by Crippen LogP contribution is 2.20. The van der Waals surface area contributed by atoms with Gasteiger partial charge in [-0.2, -0.15) is 0 Å². The normalized spacial score (nSPS) is 10.4. The summed E-state index contributed by atoms with van der Waals surface area (Å²) in [6.45, 7) is 0. The van der Waals surface area contributed by atoms with Gasteiger partial charge >= 0.3 is 0 Å². The minimum atomic E-state index is -0.529. The van der Waals surface area contributed by atoms with Crippen molar-refractivity contribution in [2.45, 2.75) is 6.42 Å². The molecule has 0 saturated carbocycles. The Hall–Kier alpha value is -3.28. The molecule has 0 aliphatic heterocycles. The van der Waals surface area contributed by atoms with Crippen molar-refractivity contribution in [2.24, 2.45) is 0 Å². The summed E-state index contributed by atoms with van der Waals surface area (Å²) in [4.78, 5) is 26.6. The first-order valence-electron chi connectivity index (χ1n) is 6.91. The number of nitro groups is 1. The number of oxazole rings is 1. The molecule has 0 amide bonds. The first kappa shape index (κ1) is 14.6. The number of non-ortho nitro benzene ring substituents is 1. The Morgan fingerprint density at radius 1 is 1.13 bits per heavy atom. The fourth-order valence-electron chi connectivity index (χ4n) is 2.16. The molecule has 6 nitrogen and oxygen atoms in total. The zero-order valence-corrected chi connectivity index (χ0v) is 12.0. The maximum Gasteiger partial charge on any atom is 0.270 e. The lowest BCUT2D eigenvalue weighted by Crippen LogP contribution is -2.03. The highest BCUT2D eigenvalue weighted by Gasteiger charge is 2.15. The van der Waals surface area contributed by atoms with Crippen molar-refractivity contribution in [1.29, 1.82) is 0 Å². The number of rotatable bonds is 5. The van der Waals surface area contributed by atoms with E-state index >= 15 is 0 Å².